The highest BCUT2D eigenvalue weighted by atomic mass is 16.3. The second-order valence-corrected chi connectivity index (χ2v) is 4.73. The molecule has 1 amide bonds. The minimum Gasteiger partial charge on any atom is -0.506 e. The number of phenols is 2. The quantitative estimate of drug-likeness (QED) is 0.387. The second-order valence-electron chi connectivity index (χ2n) is 4.73. The van der Waals surface area contributed by atoms with Crippen LogP contribution in [0.25, 0.3) is 0 Å². The smallest absolute Gasteiger partial charge is 0.255 e. The molecule has 0 atom stereocenters. The van der Waals surface area contributed by atoms with Crippen molar-refractivity contribution in [2.75, 3.05) is 17.7 Å². The fraction of sp³-hybridized carbons (Fsp3) is 0.222. The number of carbonyl (C=O) groups is 2. The van der Waals surface area contributed by atoms with Crippen molar-refractivity contribution in [3.8, 4) is 11.5 Å². The zero-order valence-electron chi connectivity index (χ0n) is 12.2. The molecule has 6 nitrogen and oxygen atoms in total. The molecule has 0 aliphatic carbocycles. The van der Waals surface area contributed by atoms with Crippen molar-refractivity contribution in [3.05, 3.63) is 47.5 Å². The highest BCUT2D eigenvalue weighted by molar-refractivity contribution is 6.07. The molecule has 0 saturated carbocycles. The topological polar surface area (TPSA) is 98.7 Å². The molecule has 0 aliphatic heterocycles. The minimum atomic E-state index is -0.467. The third kappa shape index (κ3) is 4.49. The van der Waals surface area contributed by atoms with Crippen LogP contribution in [-0.2, 0) is 0 Å². The van der Waals surface area contributed by atoms with Gasteiger partial charge in [-0.05, 0) is 25.1 Å². The van der Waals surface area contributed by atoms with Crippen LogP contribution in [0.3, 0.4) is 0 Å². The van der Waals surface area contributed by atoms with Gasteiger partial charge in [0.2, 0.25) is 0 Å². The third-order valence-electron chi connectivity index (χ3n) is 3.16. The fourth-order valence-corrected chi connectivity index (χ4v) is 1.95. The van der Waals surface area contributed by atoms with Gasteiger partial charge in [0.25, 0.3) is 5.91 Å². The Hall–Kier alpha value is -3.02. The Balaban J connectivity index is 0.00000264. The van der Waals surface area contributed by atoms with E-state index in [1.165, 1.54) is 19.1 Å². The summed E-state index contributed by atoms with van der Waals surface area (Å²) in [7, 11) is 1.61. The van der Waals surface area contributed by atoms with Crippen LogP contribution in [0, 0.1) is 0 Å². The van der Waals surface area contributed by atoms with Gasteiger partial charge in [0.15, 0.2) is 5.78 Å². The molecule has 0 bridgehead atoms. The molecule has 4 N–H and O–H groups in total. The average Bonchev–Trinajstić information content (AvgIpc) is 2.50. The van der Waals surface area contributed by atoms with Gasteiger partial charge in [-0.3, -0.25) is 9.59 Å². The Bertz CT molecular complexity index is 742. The molecule has 2 aromatic carbocycles. The van der Waals surface area contributed by atoms with E-state index < -0.39 is 5.91 Å². The maximum atomic E-state index is 12.2. The van der Waals surface area contributed by atoms with E-state index in [0.29, 0.717) is 16.8 Å². The summed E-state index contributed by atoms with van der Waals surface area (Å²) in [6.45, 7) is 1.42. The van der Waals surface area contributed by atoms with Gasteiger partial charge >= 0.3 is 0 Å². The van der Waals surface area contributed by atoms with E-state index in [0.717, 1.165) is 6.07 Å². The van der Waals surface area contributed by atoms with Crippen molar-refractivity contribution in [2.24, 2.45) is 0 Å². The molecule has 24 heavy (non-hydrogen) atoms. The summed E-state index contributed by atoms with van der Waals surface area (Å²) < 4.78 is 0. The molecule has 0 aromatic heterocycles. The van der Waals surface area contributed by atoms with E-state index in [1.54, 1.807) is 25.2 Å². The highest BCUT2D eigenvalue weighted by Gasteiger charge is 2.13. The molecule has 2 aromatic rings. The van der Waals surface area contributed by atoms with Gasteiger partial charge in [0.1, 0.15) is 11.5 Å². The number of Topliss-reactive ketones (excluding diaryl/α,β-unsaturated/α-hetero) is 1. The number of rotatable bonds is 4. The van der Waals surface area contributed by atoms with Crippen molar-refractivity contribution in [3.63, 3.8) is 0 Å². The Labute approximate surface area is 142 Å². The van der Waals surface area contributed by atoms with E-state index in [9.17, 15) is 19.8 Å². The SMILES string of the molecule is C.C.CNc1cc(NC(=O)c2cccc(C(C)=O)c2)c(O)cc1O. The van der Waals surface area contributed by atoms with Crippen molar-refractivity contribution >= 4 is 23.1 Å². The lowest BCUT2D eigenvalue weighted by Crippen LogP contribution is -2.13. The highest BCUT2D eigenvalue weighted by Crippen LogP contribution is 2.34. The molecule has 0 spiro atoms. The van der Waals surface area contributed by atoms with Crippen LogP contribution in [0.15, 0.2) is 36.4 Å². The van der Waals surface area contributed by atoms with Gasteiger partial charge < -0.3 is 20.8 Å². The van der Waals surface area contributed by atoms with Gasteiger partial charge in [0, 0.05) is 24.2 Å². The molecule has 0 saturated heterocycles. The largest absolute Gasteiger partial charge is 0.506 e. The predicted molar refractivity (Wildman–Crippen MR) is 97.2 cm³/mol. The van der Waals surface area contributed by atoms with Gasteiger partial charge in [-0.15, -0.1) is 0 Å². The third-order valence-corrected chi connectivity index (χ3v) is 3.16. The molecule has 130 valence electrons. The van der Waals surface area contributed by atoms with Crippen LogP contribution in [0.4, 0.5) is 11.4 Å². The molecular weight excluding hydrogens is 308 g/mol. The summed E-state index contributed by atoms with van der Waals surface area (Å²) in [5.74, 6) is -0.991. The van der Waals surface area contributed by atoms with Crippen LogP contribution in [0.1, 0.15) is 42.5 Å². The molecule has 0 unspecified atom stereocenters. The van der Waals surface area contributed by atoms with Crippen LogP contribution in [0.5, 0.6) is 11.5 Å². The molecular formula is C18H24N2O4. The fourth-order valence-electron chi connectivity index (χ4n) is 1.95. The lowest BCUT2D eigenvalue weighted by atomic mass is 10.1. The van der Waals surface area contributed by atoms with E-state index in [1.807, 2.05) is 0 Å². The summed E-state index contributed by atoms with van der Waals surface area (Å²) >= 11 is 0. The molecule has 0 heterocycles. The van der Waals surface area contributed by atoms with Crippen molar-refractivity contribution in [1.29, 1.82) is 0 Å². The number of phenolic OH excluding ortho intramolecular Hbond substituents is 2. The van der Waals surface area contributed by atoms with Crippen LogP contribution in [-0.4, -0.2) is 29.0 Å². The first-order valence-corrected chi connectivity index (χ1v) is 6.58. The molecule has 0 radical (unpaired) electrons. The van der Waals surface area contributed by atoms with E-state index in [4.69, 9.17) is 0 Å². The minimum absolute atomic E-state index is 0. The van der Waals surface area contributed by atoms with Crippen molar-refractivity contribution in [1.82, 2.24) is 0 Å². The lowest BCUT2D eigenvalue weighted by Gasteiger charge is -2.11. The number of nitrogens with one attached hydrogen (secondary N) is 2. The Morgan fingerprint density at radius 2 is 1.50 bits per heavy atom. The zero-order chi connectivity index (χ0) is 16.3. The first-order chi connectivity index (χ1) is 10.4. The Morgan fingerprint density at radius 3 is 2.08 bits per heavy atom. The van der Waals surface area contributed by atoms with E-state index in [2.05, 4.69) is 10.6 Å². The van der Waals surface area contributed by atoms with Crippen LogP contribution < -0.4 is 10.6 Å². The van der Waals surface area contributed by atoms with Crippen molar-refractivity contribution < 1.29 is 19.8 Å². The molecule has 0 aliphatic rings. The van der Waals surface area contributed by atoms with Gasteiger partial charge in [-0.1, -0.05) is 27.0 Å². The summed E-state index contributed by atoms with van der Waals surface area (Å²) in [4.78, 5) is 23.6. The van der Waals surface area contributed by atoms with Crippen LogP contribution in [0.2, 0.25) is 0 Å². The lowest BCUT2D eigenvalue weighted by molar-refractivity contribution is 0.101. The van der Waals surface area contributed by atoms with Gasteiger partial charge in [-0.25, -0.2) is 0 Å². The summed E-state index contributed by atoms with van der Waals surface area (Å²) in [5.41, 5.74) is 1.25. The van der Waals surface area contributed by atoms with E-state index >= 15 is 0 Å². The average molecular weight is 332 g/mol. The van der Waals surface area contributed by atoms with Gasteiger partial charge in [-0.2, -0.15) is 0 Å². The maximum absolute atomic E-state index is 12.2. The molecule has 2 rings (SSSR count). The summed E-state index contributed by atoms with van der Waals surface area (Å²) in [6.07, 6.45) is 0. The normalized spacial score (nSPS) is 9.25. The van der Waals surface area contributed by atoms with Crippen LogP contribution >= 0.6 is 0 Å². The molecule has 0 fully saturated rings. The number of hydrogen-bond acceptors (Lipinski definition) is 5. The first-order valence-electron chi connectivity index (χ1n) is 6.58. The number of benzene rings is 2. The monoisotopic (exact) mass is 332 g/mol. The first kappa shape index (κ1) is 21.0. The second kappa shape index (κ2) is 8.57. The van der Waals surface area contributed by atoms with Gasteiger partial charge in [0.05, 0.1) is 11.4 Å². The number of hydrogen-bond donors (Lipinski definition) is 4. The number of anilines is 2. The number of ketones is 1. The standard InChI is InChI=1S/C16H16N2O4.2CH4/c1-9(19)10-4-3-5-11(6-10)16(22)18-13-7-12(17-2)14(20)8-15(13)21;;/h3-8,17,20-21H,1-2H3,(H,18,22);2*1H4. The Kier molecular flexibility index (Phi) is 7.49. The number of amides is 1. The zero-order valence-corrected chi connectivity index (χ0v) is 12.2. The van der Waals surface area contributed by atoms with Crippen molar-refractivity contribution in [2.45, 2.75) is 21.8 Å². The summed E-state index contributed by atoms with van der Waals surface area (Å²) in [5, 5.41) is 24.7. The predicted octanol–water partition coefficient (Wildman–Crippen LogP) is 3.87. The maximum Gasteiger partial charge on any atom is 0.255 e. The Morgan fingerprint density at radius 1 is 0.917 bits per heavy atom. The number of carbonyl (C=O) groups excluding carboxylic acids is 2. The molecule has 6 heteroatoms. The van der Waals surface area contributed by atoms with E-state index in [-0.39, 0.29) is 37.8 Å². The number of aromatic hydroxyl groups is 2. The summed E-state index contributed by atoms with van der Waals surface area (Å²) in [6, 6.07) is 8.83.